The first-order chi connectivity index (χ1) is 14.3. The molecular weight excluding hydrogens is 444 g/mol. The summed E-state index contributed by atoms with van der Waals surface area (Å²) in [5, 5.41) is 3.37. The second kappa shape index (κ2) is 10.1. The number of halogens is 1. The van der Waals surface area contributed by atoms with E-state index in [2.05, 4.69) is 15.3 Å². The lowest BCUT2D eigenvalue weighted by molar-refractivity contribution is 0.102. The molecule has 162 valence electrons. The third-order valence-electron chi connectivity index (χ3n) is 4.83. The first kappa shape index (κ1) is 23.0. The minimum absolute atomic E-state index is 0.0113. The predicted octanol–water partition coefficient (Wildman–Crippen LogP) is 4.45. The highest BCUT2D eigenvalue weighted by Crippen LogP contribution is 2.26. The number of carbonyl (C=O) groups is 1. The van der Waals surface area contributed by atoms with E-state index in [0.29, 0.717) is 17.4 Å². The van der Waals surface area contributed by atoms with Crippen LogP contribution in [0.25, 0.3) is 0 Å². The molecule has 0 bridgehead atoms. The maximum Gasteiger partial charge on any atom is 0.275 e. The molecule has 7 nitrogen and oxygen atoms in total. The Balaban J connectivity index is 1.73. The van der Waals surface area contributed by atoms with E-state index in [9.17, 15) is 13.2 Å². The van der Waals surface area contributed by atoms with Gasteiger partial charge in [0, 0.05) is 24.0 Å². The third kappa shape index (κ3) is 5.32. The molecule has 2 heterocycles. The van der Waals surface area contributed by atoms with Gasteiger partial charge in [0.05, 0.1) is 16.1 Å². The van der Waals surface area contributed by atoms with Crippen LogP contribution in [0, 0.1) is 0 Å². The van der Waals surface area contributed by atoms with Gasteiger partial charge in [-0.25, -0.2) is 18.4 Å². The number of piperidine rings is 1. The highest BCUT2D eigenvalue weighted by molar-refractivity contribution is 7.99. The van der Waals surface area contributed by atoms with E-state index in [0.717, 1.165) is 31.4 Å². The fourth-order valence-corrected chi connectivity index (χ4v) is 5.78. The molecule has 1 fully saturated rings. The van der Waals surface area contributed by atoms with Gasteiger partial charge >= 0.3 is 0 Å². The van der Waals surface area contributed by atoms with E-state index < -0.39 is 15.9 Å². The van der Waals surface area contributed by atoms with Crippen LogP contribution in [0.5, 0.6) is 0 Å². The molecular formula is C20H25ClN4O3S2. The molecule has 0 spiro atoms. The summed E-state index contributed by atoms with van der Waals surface area (Å²) in [5.41, 5.74) is 0.548. The molecule has 1 aliphatic rings. The minimum atomic E-state index is -3.55. The molecule has 1 aromatic carbocycles. The number of nitrogens with one attached hydrogen (secondary N) is 1. The summed E-state index contributed by atoms with van der Waals surface area (Å²) in [4.78, 5) is 21.2. The van der Waals surface area contributed by atoms with Crippen molar-refractivity contribution in [2.75, 3.05) is 17.6 Å². The van der Waals surface area contributed by atoms with Gasteiger partial charge in [0.15, 0.2) is 10.9 Å². The van der Waals surface area contributed by atoms with E-state index in [1.165, 1.54) is 30.1 Å². The molecule has 2 aromatic rings. The summed E-state index contributed by atoms with van der Waals surface area (Å²) in [6, 6.07) is 6.15. The summed E-state index contributed by atoms with van der Waals surface area (Å²) < 4.78 is 27.4. The quantitative estimate of drug-likeness (QED) is 0.476. The molecule has 0 radical (unpaired) electrons. The van der Waals surface area contributed by atoms with Gasteiger partial charge in [0.1, 0.15) is 0 Å². The van der Waals surface area contributed by atoms with Crippen LogP contribution in [0.4, 0.5) is 5.69 Å². The summed E-state index contributed by atoms with van der Waals surface area (Å²) in [6.45, 7) is 4.52. The Labute approximate surface area is 186 Å². The molecule has 1 aromatic heterocycles. The fraction of sp³-hybridized carbons (Fsp3) is 0.450. The number of amides is 1. The van der Waals surface area contributed by atoms with Gasteiger partial charge in [-0.2, -0.15) is 4.31 Å². The maximum atomic E-state index is 12.9. The van der Waals surface area contributed by atoms with Crippen molar-refractivity contribution in [2.24, 2.45) is 0 Å². The third-order valence-corrected chi connectivity index (χ3v) is 8.20. The molecule has 0 saturated carbocycles. The number of hydrogen-bond donors (Lipinski definition) is 1. The van der Waals surface area contributed by atoms with Crippen molar-refractivity contribution in [1.29, 1.82) is 0 Å². The van der Waals surface area contributed by atoms with Gasteiger partial charge in [0.25, 0.3) is 5.91 Å². The number of nitrogens with zero attached hydrogens (tertiary/aromatic N) is 3. The Morgan fingerprint density at radius 3 is 2.70 bits per heavy atom. The Morgan fingerprint density at radius 2 is 2.03 bits per heavy atom. The van der Waals surface area contributed by atoms with Crippen molar-refractivity contribution < 1.29 is 13.2 Å². The van der Waals surface area contributed by atoms with E-state index in [1.807, 2.05) is 13.8 Å². The van der Waals surface area contributed by atoms with Crippen molar-refractivity contribution in [3.8, 4) is 0 Å². The normalized spacial score (nSPS) is 17.6. The van der Waals surface area contributed by atoms with Gasteiger partial charge in [-0.3, -0.25) is 4.79 Å². The van der Waals surface area contributed by atoms with Gasteiger partial charge in [-0.05, 0) is 50.5 Å². The molecule has 30 heavy (non-hydrogen) atoms. The van der Waals surface area contributed by atoms with Gasteiger partial charge in [-0.15, -0.1) is 0 Å². The molecule has 1 amide bonds. The minimum Gasteiger partial charge on any atom is -0.321 e. The maximum absolute atomic E-state index is 12.9. The topological polar surface area (TPSA) is 92.3 Å². The van der Waals surface area contributed by atoms with E-state index in [1.54, 1.807) is 16.4 Å². The molecule has 10 heteroatoms. The summed E-state index contributed by atoms with van der Waals surface area (Å²) in [5.74, 6) is 0.370. The largest absolute Gasteiger partial charge is 0.321 e. The van der Waals surface area contributed by atoms with Crippen molar-refractivity contribution >= 4 is 45.0 Å². The molecule has 1 atom stereocenters. The fourth-order valence-electron chi connectivity index (χ4n) is 3.24. The van der Waals surface area contributed by atoms with Crippen molar-refractivity contribution in [3.63, 3.8) is 0 Å². The number of anilines is 1. The highest BCUT2D eigenvalue weighted by Gasteiger charge is 2.30. The summed E-state index contributed by atoms with van der Waals surface area (Å²) >= 11 is 7.55. The first-order valence-corrected chi connectivity index (χ1v) is 12.7. The predicted molar refractivity (Wildman–Crippen MR) is 120 cm³/mol. The standard InChI is InChI=1S/C20H25ClN4O3S2/c1-3-12-29-20-22-13-17(21)18(24-20)19(26)23-15-7-9-16(10-8-15)30(27,28)25-11-5-4-6-14(25)2/h7-10,13-14H,3-6,11-12H2,1-2H3,(H,23,26). The van der Waals surface area contributed by atoms with Crippen LogP contribution in [0.1, 0.15) is 50.0 Å². The number of carbonyl (C=O) groups excluding carboxylic acids is 1. The second-order valence-corrected chi connectivity index (χ2v) is 10.5. The average molecular weight is 469 g/mol. The van der Waals surface area contributed by atoms with Crippen LogP contribution in [0.15, 0.2) is 40.5 Å². The second-order valence-electron chi connectivity index (χ2n) is 7.14. The lowest BCUT2D eigenvalue weighted by Gasteiger charge is -2.32. The SMILES string of the molecule is CCCSc1ncc(Cl)c(C(=O)Nc2ccc(S(=O)(=O)N3CCCCC3C)cc2)n1. The number of hydrogen-bond acceptors (Lipinski definition) is 6. The molecule has 1 unspecified atom stereocenters. The van der Waals surface area contributed by atoms with Crippen molar-refractivity contribution in [2.45, 2.75) is 55.6 Å². The lowest BCUT2D eigenvalue weighted by Crippen LogP contribution is -2.41. The lowest BCUT2D eigenvalue weighted by atomic mass is 10.1. The monoisotopic (exact) mass is 468 g/mol. The van der Waals surface area contributed by atoms with Crippen LogP contribution in [0.2, 0.25) is 5.02 Å². The van der Waals surface area contributed by atoms with Crippen molar-refractivity contribution in [1.82, 2.24) is 14.3 Å². The van der Waals surface area contributed by atoms with E-state index in [-0.39, 0.29) is 21.7 Å². The molecule has 1 aliphatic heterocycles. The summed E-state index contributed by atoms with van der Waals surface area (Å²) in [7, 11) is -3.55. The number of rotatable bonds is 7. The van der Waals surface area contributed by atoms with Crippen LogP contribution in [-0.4, -0.2) is 46.9 Å². The zero-order valence-electron chi connectivity index (χ0n) is 17.0. The van der Waals surface area contributed by atoms with Crippen LogP contribution in [-0.2, 0) is 10.0 Å². The number of aromatic nitrogens is 2. The molecule has 3 rings (SSSR count). The summed E-state index contributed by atoms with van der Waals surface area (Å²) in [6.07, 6.45) is 5.16. The smallest absolute Gasteiger partial charge is 0.275 e. The van der Waals surface area contributed by atoms with E-state index >= 15 is 0 Å². The Morgan fingerprint density at radius 1 is 1.30 bits per heavy atom. The number of sulfonamides is 1. The number of benzene rings is 1. The Hall–Kier alpha value is -1.68. The zero-order valence-corrected chi connectivity index (χ0v) is 19.4. The van der Waals surface area contributed by atoms with Crippen LogP contribution < -0.4 is 5.32 Å². The van der Waals surface area contributed by atoms with Gasteiger partial charge < -0.3 is 5.32 Å². The van der Waals surface area contributed by atoms with Crippen LogP contribution in [0.3, 0.4) is 0 Å². The Kier molecular flexibility index (Phi) is 7.73. The van der Waals surface area contributed by atoms with Crippen molar-refractivity contribution in [3.05, 3.63) is 41.2 Å². The highest BCUT2D eigenvalue weighted by atomic mass is 35.5. The molecule has 1 N–H and O–H groups in total. The Bertz CT molecular complexity index is 1000. The molecule has 1 saturated heterocycles. The van der Waals surface area contributed by atoms with Gasteiger partial charge in [-0.1, -0.05) is 36.7 Å². The van der Waals surface area contributed by atoms with Gasteiger partial charge in [0.2, 0.25) is 10.0 Å². The average Bonchev–Trinajstić information content (AvgIpc) is 2.73. The first-order valence-electron chi connectivity index (χ1n) is 9.91. The van der Waals surface area contributed by atoms with E-state index in [4.69, 9.17) is 11.6 Å². The molecule has 0 aliphatic carbocycles. The van der Waals surface area contributed by atoms with Crippen LogP contribution >= 0.6 is 23.4 Å². The zero-order chi connectivity index (χ0) is 21.7. The number of thioether (sulfide) groups is 1.